The third-order valence-electron chi connectivity index (χ3n) is 4.48. The van der Waals surface area contributed by atoms with Crippen molar-refractivity contribution in [2.24, 2.45) is 0 Å². The van der Waals surface area contributed by atoms with Gasteiger partial charge in [-0.05, 0) is 44.5 Å². The van der Waals surface area contributed by atoms with Gasteiger partial charge in [-0.1, -0.05) is 30.3 Å². The van der Waals surface area contributed by atoms with E-state index in [4.69, 9.17) is 4.84 Å². The van der Waals surface area contributed by atoms with Crippen molar-refractivity contribution in [3.8, 4) is 0 Å². The number of hydrogen-bond donors (Lipinski definition) is 1. The van der Waals surface area contributed by atoms with Gasteiger partial charge in [0.1, 0.15) is 6.61 Å². The number of hydrogen-bond acceptors (Lipinski definition) is 2. The van der Waals surface area contributed by atoms with Crippen LogP contribution in [0.3, 0.4) is 0 Å². The second-order valence-corrected chi connectivity index (χ2v) is 6.81. The van der Waals surface area contributed by atoms with Gasteiger partial charge in [0.15, 0.2) is 11.1 Å². The summed E-state index contributed by atoms with van der Waals surface area (Å²) in [6.07, 6.45) is 3.08. The van der Waals surface area contributed by atoms with Gasteiger partial charge < -0.3 is 0 Å². The van der Waals surface area contributed by atoms with E-state index in [1.807, 2.05) is 30.3 Å². The lowest BCUT2D eigenvalue weighted by Crippen LogP contribution is -2.71. The molecular weight excluding hydrogens is 238 g/mol. The summed E-state index contributed by atoms with van der Waals surface area (Å²) in [6, 6.07) is 10.0. The summed E-state index contributed by atoms with van der Waals surface area (Å²) in [5.74, 6) is 0. The average Bonchev–Trinajstić information content (AvgIpc) is 2.35. The van der Waals surface area contributed by atoms with Crippen molar-refractivity contribution < 1.29 is 14.9 Å². The molecule has 1 aromatic carbocycles. The summed E-state index contributed by atoms with van der Waals surface area (Å²) < 4.78 is 0. The Morgan fingerprint density at radius 2 is 1.58 bits per heavy atom. The first-order chi connectivity index (χ1) is 8.79. The quantitative estimate of drug-likeness (QED) is 0.834. The Labute approximate surface area is 116 Å². The molecule has 0 spiro atoms. The molecule has 106 valence electrons. The third-order valence-corrected chi connectivity index (χ3v) is 4.48. The normalized spacial score (nSPS) is 24.1. The van der Waals surface area contributed by atoms with Crippen molar-refractivity contribution in [1.82, 2.24) is 0 Å². The van der Waals surface area contributed by atoms with E-state index in [2.05, 4.69) is 27.7 Å². The third kappa shape index (κ3) is 2.55. The Morgan fingerprint density at radius 3 is 2.11 bits per heavy atom. The van der Waals surface area contributed by atoms with Crippen LogP contribution in [0, 0.1) is 0 Å². The van der Waals surface area contributed by atoms with E-state index < -0.39 is 0 Å². The van der Waals surface area contributed by atoms with Crippen LogP contribution >= 0.6 is 0 Å². The molecule has 2 rings (SSSR count). The Balaban J connectivity index is 2.18. The number of nitrogens with zero attached hydrogens (tertiary/aromatic N) is 1. The molecule has 3 nitrogen and oxygen atoms in total. The van der Waals surface area contributed by atoms with Crippen molar-refractivity contribution in [1.29, 1.82) is 0 Å². The molecule has 1 aliphatic heterocycles. The zero-order valence-electron chi connectivity index (χ0n) is 12.5. The molecule has 1 N–H and O–H groups in total. The van der Waals surface area contributed by atoms with Crippen LogP contribution in [0.4, 0.5) is 0 Å². The molecule has 0 saturated carbocycles. The first kappa shape index (κ1) is 14.5. The highest BCUT2D eigenvalue weighted by Gasteiger charge is 2.59. The van der Waals surface area contributed by atoms with Crippen molar-refractivity contribution in [2.75, 3.05) is 0 Å². The zero-order valence-corrected chi connectivity index (χ0v) is 12.5. The predicted octanol–water partition coefficient (Wildman–Crippen LogP) is 4.07. The van der Waals surface area contributed by atoms with E-state index in [9.17, 15) is 5.21 Å². The lowest BCUT2D eigenvalue weighted by molar-refractivity contribution is -1.31. The largest absolute Gasteiger partial charge is 0.181 e. The van der Waals surface area contributed by atoms with Gasteiger partial charge in [-0.2, -0.15) is 10.0 Å². The summed E-state index contributed by atoms with van der Waals surface area (Å²) in [6.45, 7) is 8.76. The van der Waals surface area contributed by atoms with Gasteiger partial charge >= 0.3 is 0 Å². The lowest BCUT2D eigenvalue weighted by Gasteiger charge is -2.52. The van der Waals surface area contributed by atoms with Crippen molar-refractivity contribution in [3.63, 3.8) is 0 Å². The molecule has 1 aliphatic rings. The number of benzene rings is 1. The SMILES string of the molecule is CC1(C)CCCC(C)(C)[N+]1(O)OCc1ccccc1. The molecule has 0 amide bonds. The number of quaternary nitrogens is 1. The van der Waals surface area contributed by atoms with Crippen LogP contribution in [-0.4, -0.2) is 21.1 Å². The molecular formula is C16H26NO2+. The minimum Gasteiger partial charge on any atom is -0.181 e. The van der Waals surface area contributed by atoms with Crippen molar-refractivity contribution in [3.05, 3.63) is 35.9 Å². The maximum Gasteiger partial charge on any atom is 0.157 e. The predicted molar refractivity (Wildman–Crippen MR) is 75.3 cm³/mol. The molecule has 0 aromatic heterocycles. The fraction of sp³-hybridized carbons (Fsp3) is 0.625. The molecule has 3 heteroatoms. The zero-order chi connectivity index (χ0) is 14.1. The lowest BCUT2D eigenvalue weighted by atomic mass is 9.81. The van der Waals surface area contributed by atoms with Gasteiger partial charge in [0.05, 0.1) is 0 Å². The highest BCUT2D eigenvalue weighted by molar-refractivity contribution is 5.13. The highest BCUT2D eigenvalue weighted by atomic mass is 16.9. The molecule has 1 heterocycles. The molecule has 0 bridgehead atoms. The molecule has 19 heavy (non-hydrogen) atoms. The van der Waals surface area contributed by atoms with Crippen LogP contribution in [0.25, 0.3) is 0 Å². The molecule has 0 radical (unpaired) electrons. The summed E-state index contributed by atoms with van der Waals surface area (Å²) in [7, 11) is 0. The van der Waals surface area contributed by atoms with E-state index in [0.29, 0.717) is 6.61 Å². The van der Waals surface area contributed by atoms with Crippen LogP contribution in [0.15, 0.2) is 30.3 Å². The molecule has 1 saturated heterocycles. The Kier molecular flexibility index (Phi) is 3.74. The Hall–Kier alpha value is -0.900. The summed E-state index contributed by atoms with van der Waals surface area (Å²) in [5.41, 5.74) is 0.527. The highest BCUT2D eigenvalue weighted by Crippen LogP contribution is 2.44. The minimum absolute atomic E-state index is 0.281. The van der Waals surface area contributed by atoms with Crippen LogP contribution in [0.1, 0.15) is 52.5 Å². The van der Waals surface area contributed by atoms with Gasteiger partial charge in [0.25, 0.3) is 0 Å². The Morgan fingerprint density at radius 1 is 1.05 bits per heavy atom. The van der Waals surface area contributed by atoms with Gasteiger partial charge in [0, 0.05) is 12.8 Å². The first-order valence-corrected chi connectivity index (χ1v) is 7.09. The molecule has 1 aromatic rings. The van der Waals surface area contributed by atoms with Gasteiger partial charge in [-0.3, -0.25) is 0 Å². The van der Waals surface area contributed by atoms with Crippen molar-refractivity contribution in [2.45, 2.75) is 64.6 Å². The summed E-state index contributed by atoms with van der Waals surface area (Å²) in [4.78, 5) is 5.67. The topological polar surface area (TPSA) is 29.5 Å². The van der Waals surface area contributed by atoms with Crippen LogP contribution in [0.2, 0.25) is 0 Å². The minimum atomic E-state index is -0.311. The second-order valence-electron chi connectivity index (χ2n) is 6.81. The molecule has 0 aliphatic carbocycles. The van der Waals surface area contributed by atoms with Gasteiger partial charge in [-0.15, -0.1) is 0 Å². The molecule has 1 fully saturated rings. The first-order valence-electron chi connectivity index (χ1n) is 7.09. The average molecular weight is 264 g/mol. The van der Waals surface area contributed by atoms with E-state index in [-0.39, 0.29) is 15.9 Å². The number of hydroxylamine groups is 4. The van der Waals surface area contributed by atoms with Gasteiger partial charge in [-0.25, -0.2) is 0 Å². The standard InChI is InChI=1S/C16H26NO2/c1-15(2)11-8-12-16(3,4)17(15,18)19-13-14-9-6-5-7-10-14/h5-7,9-10,18H,8,11-13H2,1-4H3/q+1. The maximum absolute atomic E-state index is 11.1. The van der Waals surface area contributed by atoms with E-state index in [0.717, 1.165) is 24.8 Å². The van der Waals surface area contributed by atoms with E-state index in [1.165, 1.54) is 0 Å². The van der Waals surface area contributed by atoms with Crippen LogP contribution in [0.5, 0.6) is 0 Å². The van der Waals surface area contributed by atoms with Crippen molar-refractivity contribution >= 4 is 0 Å². The van der Waals surface area contributed by atoms with E-state index >= 15 is 0 Å². The summed E-state index contributed by atoms with van der Waals surface area (Å²) >= 11 is 0. The number of piperidine rings is 1. The smallest absolute Gasteiger partial charge is 0.157 e. The van der Waals surface area contributed by atoms with Gasteiger partial charge in [0.2, 0.25) is 0 Å². The molecule has 0 atom stereocenters. The maximum atomic E-state index is 11.1. The van der Waals surface area contributed by atoms with Crippen LogP contribution in [-0.2, 0) is 11.4 Å². The molecule has 0 unspecified atom stereocenters. The van der Waals surface area contributed by atoms with Crippen LogP contribution < -0.4 is 0 Å². The van der Waals surface area contributed by atoms with E-state index in [1.54, 1.807) is 0 Å². The Bertz CT molecular complexity index is 410. The monoisotopic (exact) mass is 264 g/mol. The number of rotatable bonds is 3. The second kappa shape index (κ2) is 4.89. The summed E-state index contributed by atoms with van der Waals surface area (Å²) in [5, 5.41) is 11.1. The fourth-order valence-electron chi connectivity index (χ4n) is 3.17. The fourth-order valence-corrected chi connectivity index (χ4v) is 3.17.